The minimum absolute atomic E-state index is 0.00713. The normalized spacial score (nSPS) is 12.7. The number of halogens is 4. The summed E-state index contributed by atoms with van der Waals surface area (Å²) in [6.45, 7) is 5.44. The highest BCUT2D eigenvalue weighted by molar-refractivity contribution is 9.10. The fourth-order valence-corrected chi connectivity index (χ4v) is 3.96. The Labute approximate surface area is 206 Å². The van der Waals surface area contributed by atoms with Crippen LogP contribution in [0.4, 0.5) is 0 Å². The van der Waals surface area contributed by atoms with Gasteiger partial charge in [-0.3, -0.25) is 9.59 Å². The molecule has 0 radical (unpaired) electrons. The van der Waals surface area contributed by atoms with Crippen molar-refractivity contribution in [1.29, 1.82) is 0 Å². The summed E-state index contributed by atoms with van der Waals surface area (Å²) in [5.74, 6) is -0.140. The highest BCUT2D eigenvalue weighted by Crippen LogP contribution is 2.28. The number of ether oxygens (including phenoxy) is 1. The van der Waals surface area contributed by atoms with E-state index in [1.54, 1.807) is 43.3 Å². The van der Waals surface area contributed by atoms with Gasteiger partial charge in [-0.15, -0.1) is 0 Å². The summed E-state index contributed by atoms with van der Waals surface area (Å²) in [6.07, 6.45) is 0.781. The van der Waals surface area contributed by atoms with Crippen LogP contribution < -0.4 is 10.1 Å². The summed E-state index contributed by atoms with van der Waals surface area (Å²) < 4.78 is 6.30. The Morgan fingerprint density at radius 2 is 1.74 bits per heavy atom. The molecule has 1 N–H and O–H groups in total. The van der Waals surface area contributed by atoms with Crippen LogP contribution in [0.1, 0.15) is 32.8 Å². The molecular formula is C22H24BrCl3N2O3. The monoisotopic (exact) mass is 548 g/mol. The van der Waals surface area contributed by atoms with Gasteiger partial charge in [0.25, 0.3) is 5.91 Å². The molecule has 2 aromatic carbocycles. The third kappa shape index (κ3) is 7.56. The number of nitrogens with one attached hydrogen (secondary N) is 1. The first-order chi connectivity index (χ1) is 14.6. The Morgan fingerprint density at radius 1 is 1.10 bits per heavy atom. The molecule has 31 heavy (non-hydrogen) atoms. The van der Waals surface area contributed by atoms with Gasteiger partial charge in [-0.05, 0) is 72.1 Å². The van der Waals surface area contributed by atoms with E-state index >= 15 is 0 Å². The van der Waals surface area contributed by atoms with E-state index in [9.17, 15) is 9.59 Å². The third-order valence-electron chi connectivity index (χ3n) is 4.77. The number of nitrogens with zero attached hydrogens (tertiary/aromatic N) is 1. The molecule has 5 nitrogen and oxygen atoms in total. The lowest BCUT2D eigenvalue weighted by Gasteiger charge is -2.30. The second kappa shape index (κ2) is 12.0. The number of hydrogen-bond acceptors (Lipinski definition) is 3. The SMILES string of the molecule is CC[C@H](C)NC(=O)[C@H](C)N(Cc1ccc(Cl)cc1Cl)C(=O)COc1ccc(Cl)cc1Br. The summed E-state index contributed by atoms with van der Waals surface area (Å²) in [5.41, 5.74) is 0.676. The molecule has 2 amide bonds. The van der Waals surface area contributed by atoms with Gasteiger partial charge in [0.05, 0.1) is 4.47 Å². The maximum absolute atomic E-state index is 13.1. The van der Waals surface area contributed by atoms with Crippen molar-refractivity contribution in [1.82, 2.24) is 10.2 Å². The zero-order valence-electron chi connectivity index (χ0n) is 17.4. The molecule has 0 fully saturated rings. The van der Waals surface area contributed by atoms with Gasteiger partial charge in [0, 0.05) is 27.7 Å². The van der Waals surface area contributed by atoms with Gasteiger partial charge >= 0.3 is 0 Å². The van der Waals surface area contributed by atoms with Crippen LogP contribution in [-0.2, 0) is 16.1 Å². The summed E-state index contributed by atoms with van der Waals surface area (Å²) in [6, 6.07) is 9.30. The van der Waals surface area contributed by atoms with Crippen molar-refractivity contribution in [3.8, 4) is 5.75 Å². The zero-order chi connectivity index (χ0) is 23.1. The maximum atomic E-state index is 13.1. The van der Waals surface area contributed by atoms with E-state index in [-0.39, 0.29) is 31.0 Å². The van der Waals surface area contributed by atoms with Gasteiger partial charge in [0.2, 0.25) is 5.91 Å². The van der Waals surface area contributed by atoms with Crippen LogP contribution in [0.3, 0.4) is 0 Å². The second-order valence-corrected chi connectivity index (χ2v) is 9.25. The highest BCUT2D eigenvalue weighted by Gasteiger charge is 2.28. The number of carbonyl (C=O) groups excluding carboxylic acids is 2. The lowest BCUT2D eigenvalue weighted by molar-refractivity contribution is -0.142. The Bertz CT molecular complexity index is 942. The van der Waals surface area contributed by atoms with Crippen molar-refractivity contribution in [2.45, 2.75) is 45.8 Å². The van der Waals surface area contributed by atoms with Crippen molar-refractivity contribution in [3.63, 3.8) is 0 Å². The number of carbonyl (C=O) groups is 2. The molecule has 2 rings (SSSR count). The first-order valence-corrected chi connectivity index (χ1v) is 11.7. The van der Waals surface area contributed by atoms with E-state index in [0.717, 1.165) is 6.42 Å². The van der Waals surface area contributed by atoms with Crippen LogP contribution in [0, 0.1) is 0 Å². The fraction of sp³-hybridized carbons (Fsp3) is 0.364. The molecule has 2 atom stereocenters. The minimum Gasteiger partial charge on any atom is -0.483 e. The molecule has 168 valence electrons. The van der Waals surface area contributed by atoms with Gasteiger partial charge in [0.1, 0.15) is 11.8 Å². The first-order valence-electron chi connectivity index (χ1n) is 9.74. The van der Waals surface area contributed by atoms with Crippen LogP contribution in [0.25, 0.3) is 0 Å². The smallest absolute Gasteiger partial charge is 0.261 e. The lowest BCUT2D eigenvalue weighted by Crippen LogP contribution is -2.50. The summed E-state index contributed by atoms with van der Waals surface area (Å²) in [7, 11) is 0. The van der Waals surface area contributed by atoms with Gasteiger partial charge in [-0.25, -0.2) is 0 Å². The van der Waals surface area contributed by atoms with Gasteiger partial charge < -0.3 is 15.0 Å². The number of hydrogen-bond donors (Lipinski definition) is 1. The molecule has 0 spiro atoms. The predicted octanol–water partition coefficient (Wildman–Crippen LogP) is 6.12. The average molecular weight is 551 g/mol. The maximum Gasteiger partial charge on any atom is 0.261 e. The van der Waals surface area contributed by atoms with E-state index in [0.29, 0.717) is 30.9 Å². The molecule has 0 saturated heterocycles. The Hall–Kier alpha value is -1.47. The minimum atomic E-state index is -0.731. The largest absolute Gasteiger partial charge is 0.483 e. The molecule has 0 unspecified atom stereocenters. The van der Waals surface area contributed by atoms with E-state index in [1.807, 2.05) is 13.8 Å². The van der Waals surface area contributed by atoms with Crippen molar-refractivity contribution >= 4 is 62.5 Å². The van der Waals surface area contributed by atoms with Gasteiger partial charge in [-0.1, -0.05) is 47.8 Å². The van der Waals surface area contributed by atoms with Crippen molar-refractivity contribution in [3.05, 3.63) is 61.5 Å². The van der Waals surface area contributed by atoms with Gasteiger partial charge in [-0.2, -0.15) is 0 Å². The molecule has 0 aliphatic heterocycles. The zero-order valence-corrected chi connectivity index (χ0v) is 21.3. The van der Waals surface area contributed by atoms with Crippen LogP contribution in [0.2, 0.25) is 15.1 Å². The van der Waals surface area contributed by atoms with E-state index in [1.165, 1.54) is 4.90 Å². The highest BCUT2D eigenvalue weighted by atomic mass is 79.9. The Morgan fingerprint density at radius 3 is 2.35 bits per heavy atom. The van der Waals surface area contributed by atoms with Crippen molar-refractivity contribution < 1.29 is 14.3 Å². The Kier molecular flexibility index (Phi) is 9.94. The molecule has 0 saturated carbocycles. The fourth-order valence-electron chi connectivity index (χ4n) is 2.70. The topological polar surface area (TPSA) is 58.6 Å². The summed E-state index contributed by atoms with van der Waals surface area (Å²) in [5, 5.41) is 4.36. The Balaban J connectivity index is 2.22. The van der Waals surface area contributed by atoms with Gasteiger partial charge in [0.15, 0.2) is 6.61 Å². The lowest BCUT2D eigenvalue weighted by atomic mass is 10.1. The quantitative estimate of drug-likeness (QED) is 0.409. The van der Waals surface area contributed by atoms with Crippen molar-refractivity contribution in [2.75, 3.05) is 6.61 Å². The molecule has 0 aromatic heterocycles. The van der Waals surface area contributed by atoms with Crippen LogP contribution in [0.15, 0.2) is 40.9 Å². The summed E-state index contributed by atoms with van der Waals surface area (Å²) in [4.78, 5) is 27.3. The number of amides is 2. The molecule has 2 aromatic rings. The van der Waals surface area contributed by atoms with Crippen LogP contribution in [0.5, 0.6) is 5.75 Å². The molecule has 0 aliphatic carbocycles. The van der Waals surface area contributed by atoms with Crippen molar-refractivity contribution in [2.24, 2.45) is 0 Å². The molecular weight excluding hydrogens is 527 g/mol. The average Bonchev–Trinajstić information content (AvgIpc) is 2.71. The molecule has 0 heterocycles. The standard InChI is InChI=1S/C22H24BrCl3N2O3/c1-4-13(2)27-22(30)14(3)28(11-15-5-6-17(25)10-19(15)26)21(29)12-31-20-8-7-16(24)9-18(20)23/h5-10,13-14H,4,11-12H2,1-3H3,(H,27,30)/t13-,14-/m0/s1. The summed E-state index contributed by atoms with van der Waals surface area (Å²) >= 11 is 21.6. The predicted molar refractivity (Wildman–Crippen MR) is 129 cm³/mol. The van der Waals surface area contributed by atoms with E-state index < -0.39 is 6.04 Å². The van der Waals surface area contributed by atoms with Crippen LogP contribution >= 0.6 is 50.7 Å². The second-order valence-electron chi connectivity index (χ2n) is 7.11. The number of benzene rings is 2. The third-order valence-corrected chi connectivity index (χ3v) is 6.21. The van der Waals surface area contributed by atoms with E-state index in [4.69, 9.17) is 39.5 Å². The molecule has 0 bridgehead atoms. The number of rotatable bonds is 9. The first kappa shape index (κ1) is 25.8. The van der Waals surface area contributed by atoms with Crippen LogP contribution in [-0.4, -0.2) is 35.4 Å². The molecule has 9 heteroatoms. The van der Waals surface area contributed by atoms with E-state index in [2.05, 4.69) is 21.2 Å². The molecule has 0 aliphatic rings.